The molecule has 0 aromatic heterocycles. The van der Waals surface area contributed by atoms with Gasteiger partial charge in [0.15, 0.2) is 0 Å². The standard InChI is InChI=1S/C14H20BrNOS/c1-2-8-16-12-7-9-17-10-14(12)18-13-6-4-3-5-11(13)15/h3-6,12,14,16H,2,7-10H2,1H3. The third kappa shape index (κ3) is 3.98. The molecule has 2 unspecified atom stereocenters. The number of benzene rings is 1. The SMILES string of the molecule is CCCNC1CCOCC1Sc1ccccc1Br. The zero-order chi connectivity index (χ0) is 12.8. The van der Waals surface area contributed by atoms with E-state index in [1.807, 2.05) is 11.8 Å². The Kier molecular flexibility index (Phi) is 6.02. The molecule has 0 radical (unpaired) electrons. The summed E-state index contributed by atoms with van der Waals surface area (Å²) in [6.07, 6.45) is 2.30. The van der Waals surface area contributed by atoms with Gasteiger partial charge in [-0.05, 0) is 47.4 Å². The van der Waals surface area contributed by atoms with E-state index in [-0.39, 0.29) is 0 Å². The zero-order valence-electron chi connectivity index (χ0n) is 10.7. The Balaban J connectivity index is 1.98. The molecule has 2 atom stereocenters. The first-order valence-electron chi connectivity index (χ1n) is 6.53. The normalized spacial score (nSPS) is 24.1. The van der Waals surface area contributed by atoms with Gasteiger partial charge in [-0.25, -0.2) is 0 Å². The van der Waals surface area contributed by atoms with Gasteiger partial charge in [0.2, 0.25) is 0 Å². The molecule has 0 spiro atoms. The van der Waals surface area contributed by atoms with Crippen LogP contribution in [0.25, 0.3) is 0 Å². The molecule has 2 nitrogen and oxygen atoms in total. The molecule has 1 saturated heterocycles. The minimum atomic E-state index is 0.504. The Bertz CT molecular complexity index is 375. The van der Waals surface area contributed by atoms with Gasteiger partial charge in [-0.2, -0.15) is 0 Å². The van der Waals surface area contributed by atoms with Gasteiger partial charge in [0.1, 0.15) is 0 Å². The van der Waals surface area contributed by atoms with E-state index in [1.165, 1.54) is 15.8 Å². The first-order chi connectivity index (χ1) is 8.81. The average molecular weight is 330 g/mol. The van der Waals surface area contributed by atoms with Crippen molar-refractivity contribution in [1.82, 2.24) is 5.32 Å². The average Bonchev–Trinajstić information content (AvgIpc) is 2.40. The van der Waals surface area contributed by atoms with Crippen LogP contribution >= 0.6 is 27.7 Å². The third-order valence-corrected chi connectivity index (χ3v) is 5.41. The van der Waals surface area contributed by atoms with E-state index in [9.17, 15) is 0 Å². The van der Waals surface area contributed by atoms with Gasteiger partial charge in [-0.3, -0.25) is 0 Å². The summed E-state index contributed by atoms with van der Waals surface area (Å²) in [5.41, 5.74) is 0. The second-order valence-corrected chi connectivity index (χ2v) is 6.65. The Morgan fingerprint density at radius 1 is 1.44 bits per heavy atom. The maximum absolute atomic E-state index is 5.63. The van der Waals surface area contributed by atoms with Crippen molar-refractivity contribution in [2.45, 2.75) is 36.0 Å². The van der Waals surface area contributed by atoms with Crippen LogP contribution in [0.4, 0.5) is 0 Å². The molecule has 1 heterocycles. The van der Waals surface area contributed by atoms with E-state index >= 15 is 0 Å². The number of thioether (sulfide) groups is 1. The van der Waals surface area contributed by atoms with E-state index in [2.05, 4.69) is 52.4 Å². The first kappa shape index (κ1) is 14.4. The van der Waals surface area contributed by atoms with Gasteiger partial charge < -0.3 is 10.1 Å². The van der Waals surface area contributed by atoms with Gasteiger partial charge in [0, 0.05) is 27.3 Å². The smallest absolute Gasteiger partial charge is 0.0603 e. The first-order valence-corrected chi connectivity index (χ1v) is 8.21. The van der Waals surface area contributed by atoms with Crippen molar-refractivity contribution in [1.29, 1.82) is 0 Å². The zero-order valence-corrected chi connectivity index (χ0v) is 13.1. The summed E-state index contributed by atoms with van der Waals surface area (Å²) in [6, 6.07) is 8.97. The molecule has 0 saturated carbocycles. The quantitative estimate of drug-likeness (QED) is 0.889. The minimum Gasteiger partial charge on any atom is -0.380 e. The van der Waals surface area contributed by atoms with Crippen LogP contribution in [-0.4, -0.2) is 31.1 Å². The van der Waals surface area contributed by atoms with E-state index in [4.69, 9.17) is 4.74 Å². The fraction of sp³-hybridized carbons (Fsp3) is 0.571. The topological polar surface area (TPSA) is 21.3 Å². The molecule has 1 aromatic carbocycles. The minimum absolute atomic E-state index is 0.504. The van der Waals surface area contributed by atoms with Gasteiger partial charge in [0.25, 0.3) is 0 Å². The lowest BCUT2D eigenvalue weighted by atomic mass is 10.1. The molecule has 0 bridgehead atoms. The van der Waals surface area contributed by atoms with Crippen molar-refractivity contribution in [3.63, 3.8) is 0 Å². The van der Waals surface area contributed by atoms with Crippen LogP contribution in [0.5, 0.6) is 0 Å². The maximum atomic E-state index is 5.63. The predicted octanol–water partition coefficient (Wildman–Crippen LogP) is 3.70. The van der Waals surface area contributed by atoms with Crippen molar-refractivity contribution in [2.75, 3.05) is 19.8 Å². The Morgan fingerprint density at radius 2 is 2.28 bits per heavy atom. The van der Waals surface area contributed by atoms with Gasteiger partial charge in [0.05, 0.1) is 6.61 Å². The number of halogens is 1. The summed E-state index contributed by atoms with van der Waals surface area (Å²) >= 11 is 5.53. The summed E-state index contributed by atoms with van der Waals surface area (Å²) in [4.78, 5) is 1.30. The van der Waals surface area contributed by atoms with E-state index in [0.29, 0.717) is 11.3 Å². The highest BCUT2D eigenvalue weighted by Crippen LogP contribution is 2.33. The second kappa shape index (κ2) is 7.53. The van der Waals surface area contributed by atoms with E-state index in [0.717, 1.165) is 26.2 Å². The fourth-order valence-electron chi connectivity index (χ4n) is 2.09. The number of rotatable bonds is 5. The Hall–Kier alpha value is -0.0300. The van der Waals surface area contributed by atoms with Gasteiger partial charge in [-0.15, -0.1) is 11.8 Å². The summed E-state index contributed by atoms with van der Waals surface area (Å²) in [7, 11) is 0. The van der Waals surface area contributed by atoms with Crippen molar-refractivity contribution in [3.05, 3.63) is 28.7 Å². The highest BCUT2D eigenvalue weighted by atomic mass is 79.9. The van der Waals surface area contributed by atoms with Gasteiger partial charge in [-0.1, -0.05) is 19.1 Å². The molecule has 2 rings (SSSR count). The summed E-state index contributed by atoms with van der Waals surface area (Å²) < 4.78 is 6.80. The summed E-state index contributed by atoms with van der Waals surface area (Å²) in [5.74, 6) is 0. The molecule has 1 aromatic rings. The summed E-state index contributed by atoms with van der Waals surface area (Å²) in [5, 5.41) is 4.15. The second-order valence-electron chi connectivity index (χ2n) is 4.51. The Morgan fingerprint density at radius 3 is 3.06 bits per heavy atom. The molecule has 0 amide bonds. The molecular formula is C14H20BrNOS. The predicted molar refractivity (Wildman–Crippen MR) is 81.3 cm³/mol. The van der Waals surface area contributed by atoms with Crippen LogP contribution in [0.3, 0.4) is 0 Å². The van der Waals surface area contributed by atoms with E-state index in [1.54, 1.807) is 0 Å². The van der Waals surface area contributed by atoms with Crippen molar-refractivity contribution < 1.29 is 4.74 Å². The third-order valence-electron chi connectivity index (χ3n) is 3.08. The summed E-state index contributed by atoms with van der Waals surface area (Å²) in [6.45, 7) is 5.03. The molecule has 1 fully saturated rings. The molecule has 1 aliphatic heterocycles. The van der Waals surface area contributed by atoms with Crippen LogP contribution in [-0.2, 0) is 4.74 Å². The molecule has 18 heavy (non-hydrogen) atoms. The highest BCUT2D eigenvalue weighted by Gasteiger charge is 2.26. The van der Waals surface area contributed by atoms with Crippen molar-refractivity contribution >= 4 is 27.7 Å². The van der Waals surface area contributed by atoms with Gasteiger partial charge >= 0.3 is 0 Å². The maximum Gasteiger partial charge on any atom is 0.0603 e. The lowest BCUT2D eigenvalue weighted by Gasteiger charge is -2.32. The van der Waals surface area contributed by atoms with Crippen LogP contribution in [0.1, 0.15) is 19.8 Å². The van der Waals surface area contributed by atoms with Crippen LogP contribution in [0.15, 0.2) is 33.6 Å². The molecule has 4 heteroatoms. The number of ether oxygens (including phenoxy) is 1. The number of nitrogens with one attached hydrogen (secondary N) is 1. The lowest BCUT2D eigenvalue weighted by molar-refractivity contribution is 0.0833. The molecular weight excluding hydrogens is 310 g/mol. The van der Waals surface area contributed by atoms with Crippen molar-refractivity contribution in [3.8, 4) is 0 Å². The molecule has 1 aliphatic rings. The molecule has 0 aliphatic carbocycles. The van der Waals surface area contributed by atoms with Crippen LogP contribution < -0.4 is 5.32 Å². The molecule has 100 valence electrons. The molecule has 1 N–H and O–H groups in total. The van der Waals surface area contributed by atoms with Crippen molar-refractivity contribution in [2.24, 2.45) is 0 Å². The largest absolute Gasteiger partial charge is 0.380 e. The van der Waals surface area contributed by atoms with Crippen LogP contribution in [0.2, 0.25) is 0 Å². The highest BCUT2D eigenvalue weighted by molar-refractivity contribution is 9.10. The van der Waals surface area contributed by atoms with E-state index < -0.39 is 0 Å². The lowest BCUT2D eigenvalue weighted by Crippen LogP contribution is -2.45. The van der Waals surface area contributed by atoms with Crippen LogP contribution in [0, 0.1) is 0 Å². The fourth-order valence-corrected chi connectivity index (χ4v) is 3.88. The monoisotopic (exact) mass is 329 g/mol. The number of hydrogen-bond acceptors (Lipinski definition) is 3. The Labute approximate surface area is 122 Å². The number of hydrogen-bond donors (Lipinski definition) is 1.